The number of ether oxygens (including phenoxy) is 1. The molecule has 0 atom stereocenters. The summed E-state index contributed by atoms with van der Waals surface area (Å²) in [6, 6.07) is 18.2. The third-order valence-corrected chi connectivity index (χ3v) is 6.42. The summed E-state index contributed by atoms with van der Waals surface area (Å²) in [4.78, 5) is 32.3. The molecule has 0 saturated heterocycles. The van der Waals surface area contributed by atoms with Crippen LogP contribution in [0.5, 0.6) is 5.75 Å². The molecule has 162 valence electrons. The first-order chi connectivity index (χ1) is 15.5. The normalized spacial score (nSPS) is 11.2. The van der Waals surface area contributed by atoms with Gasteiger partial charge in [0.2, 0.25) is 0 Å². The minimum Gasteiger partial charge on any atom is -0.497 e. The number of amides is 1. The van der Waals surface area contributed by atoms with E-state index in [9.17, 15) is 9.59 Å². The standard InChI is InChI=1S/C23H20N4O3S2/c1-15-7-12-18(32-15)13-24-26-21(28)14-31-23-25-20-6-4-3-5-19(20)22(29)27(23)16-8-10-17(30-2)11-9-16/h3-13H,14H2,1-2H3,(H,26,28)/b24-13-. The molecule has 0 aliphatic heterocycles. The van der Waals surface area contributed by atoms with Crippen molar-refractivity contribution in [1.29, 1.82) is 0 Å². The Morgan fingerprint density at radius 3 is 2.69 bits per heavy atom. The van der Waals surface area contributed by atoms with E-state index in [2.05, 4.69) is 15.5 Å². The largest absolute Gasteiger partial charge is 0.497 e. The van der Waals surface area contributed by atoms with Crippen LogP contribution in [0.1, 0.15) is 9.75 Å². The summed E-state index contributed by atoms with van der Waals surface area (Å²) in [5.74, 6) is 0.452. The Bertz CT molecular complexity index is 1340. The highest BCUT2D eigenvalue weighted by Gasteiger charge is 2.15. The highest BCUT2D eigenvalue weighted by molar-refractivity contribution is 7.99. The van der Waals surface area contributed by atoms with Gasteiger partial charge in [0.1, 0.15) is 5.75 Å². The van der Waals surface area contributed by atoms with Crippen molar-refractivity contribution in [2.45, 2.75) is 12.1 Å². The second kappa shape index (κ2) is 9.80. The topological polar surface area (TPSA) is 85.6 Å². The molecule has 1 N–H and O–H groups in total. The molecule has 2 aromatic carbocycles. The van der Waals surface area contributed by atoms with Crippen LogP contribution < -0.4 is 15.7 Å². The Kier molecular flexibility index (Phi) is 6.67. The highest BCUT2D eigenvalue weighted by atomic mass is 32.2. The lowest BCUT2D eigenvalue weighted by molar-refractivity contribution is -0.118. The number of aryl methyl sites for hydroxylation is 1. The smallest absolute Gasteiger partial charge is 0.266 e. The van der Waals surface area contributed by atoms with E-state index in [1.54, 1.807) is 67.1 Å². The molecule has 4 aromatic rings. The number of rotatable bonds is 7. The van der Waals surface area contributed by atoms with Gasteiger partial charge in [-0.25, -0.2) is 10.4 Å². The van der Waals surface area contributed by atoms with Crippen molar-refractivity contribution >= 4 is 46.1 Å². The number of thioether (sulfide) groups is 1. The van der Waals surface area contributed by atoms with Crippen LogP contribution in [0.25, 0.3) is 16.6 Å². The number of nitrogens with one attached hydrogen (secondary N) is 1. The molecule has 0 spiro atoms. The number of carbonyl (C=O) groups is 1. The molecular formula is C23H20N4O3S2. The number of hydrazone groups is 1. The van der Waals surface area contributed by atoms with E-state index in [0.717, 1.165) is 4.88 Å². The lowest BCUT2D eigenvalue weighted by atomic mass is 10.2. The summed E-state index contributed by atoms with van der Waals surface area (Å²) in [6.45, 7) is 2.01. The molecule has 2 aromatic heterocycles. The Morgan fingerprint density at radius 1 is 1.19 bits per heavy atom. The number of fused-ring (bicyclic) bond motifs is 1. The second-order valence-corrected chi connectivity index (χ2v) is 9.04. The van der Waals surface area contributed by atoms with E-state index in [1.165, 1.54) is 21.2 Å². The van der Waals surface area contributed by atoms with Gasteiger partial charge in [0, 0.05) is 9.75 Å². The molecule has 0 saturated carbocycles. The summed E-state index contributed by atoms with van der Waals surface area (Å²) in [5.41, 5.74) is 3.54. The number of hydrogen-bond acceptors (Lipinski definition) is 7. The Hall–Kier alpha value is -3.43. The SMILES string of the molecule is COc1ccc(-n2c(SCC(=O)N/N=C\c3ccc(C)s3)nc3ccccc3c2=O)cc1. The van der Waals surface area contributed by atoms with Crippen LogP contribution in [0.3, 0.4) is 0 Å². The van der Waals surface area contributed by atoms with E-state index in [1.807, 2.05) is 25.1 Å². The molecule has 0 aliphatic rings. The molecule has 0 bridgehead atoms. The predicted octanol–water partition coefficient (Wildman–Crippen LogP) is 4.01. The van der Waals surface area contributed by atoms with Crippen LogP contribution >= 0.6 is 23.1 Å². The van der Waals surface area contributed by atoms with Crippen molar-refractivity contribution in [3.05, 3.63) is 80.8 Å². The zero-order valence-corrected chi connectivity index (χ0v) is 19.1. The predicted molar refractivity (Wildman–Crippen MR) is 129 cm³/mol. The van der Waals surface area contributed by atoms with E-state index in [4.69, 9.17) is 4.74 Å². The van der Waals surface area contributed by atoms with Gasteiger partial charge in [0.25, 0.3) is 11.5 Å². The Balaban J connectivity index is 1.58. The van der Waals surface area contributed by atoms with Gasteiger partial charge < -0.3 is 4.74 Å². The number of methoxy groups -OCH3 is 1. The first kappa shape index (κ1) is 21.8. The van der Waals surface area contributed by atoms with Gasteiger partial charge in [-0.3, -0.25) is 14.2 Å². The van der Waals surface area contributed by atoms with Crippen molar-refractivity contribution < 1.29 is 9.53 Å². The molecule has 0 fully saturated rings. The zero-order valence-electron chi connectivity index (χ0n) is 17.4. The van der Waals surface area contributed by atoms with Gasteiger partial charge in [-0.2, -0.15) is 5.10 Å². The fourth-order valence-electron chi connectivity index (χ4n) is 3.02. The van der Waals surface area contributed by atoms with Crippen molar-refractivity contribution in [3.63, 3.8) is 0 Å². The molecule has 1 amide bonds. The fraction of sp³-hybridized carbons (Fsp3) is 0.130. The van der Waals surface area contributed by atoms with Crippen LogP contribution in [0.2, 0.25) is 0 Å². The molecule has 4 rings (SSSR count). The van der Waals surface area contributed by atoms with Crippen LogP contribution in [0, 0.1) is 6.92 Å². The molecule has 0 radical (unpaired) electrons. The van der Waals surface area contributed by atoms with Gasteiger partial charge in [-0.1, -0.05) is 23.9 Å². The Morgan fingerprint density at radius 2 is 1.97 bits per heavy atom. The number of para-hydroxylation sites is 1. The first-order valence-electron chi connectivity index (χ1n) is 9.72. The molecule has 7 nitrogen and oxygen atoms in total. The van der Waals surface area contributed by atoms with E-state index in [0.29, 0.717) is 27.5 Å². The van der Waals surface area contributed by atoms with Gasteiger partial charge in [0.15, 0.2) is 5.16 Å². The lowest BCUT2D eigenvalue weighted by Gasteiger charge is -2.13. The van der Waals surface area contributed by atoms with Gasteiger partial charge in [-0.15, -0.1) is 11.3 Å². The summed E-state index contributed by atoms with van der Waals surface area (Å²) >= 11 is 2.77. The second-order valence-electron chi connectivity index (χ2n) is 6.78. The fourth-order valence-corrected chi connectivity index (χ4v) is 4.58. The molecule has 0 unspecified atom stereocenters. The summed E-state index contributed by atoms with van der Waals surface area (Å²) < 4.78 is 6.72. The maximum atomic E-state index is 13.2. The maximum absolute atomic E-state index is 13.2. The van der Waals surface area contributed by atoms with E-state index in [-0.39, 0.29) is 17.2 Å². The summed E-state index contributed by atoms with van der Waals surface area (Å²) in [6.07, 6.45) is 1.61. The van der Waals surface area contributed by atoms with E-state index < -0.39 is 0 Å². The first-order valence-corrected chi connectivity index (χ1v) is 11.5. The molecule has 2 heterocycles. The summed E-state index contributed by atoms with van der Waals surface area (Å²) in [7, 11) is 1.58. The lowest BCUT2D eigenvalue weighted by Crippen LogP contribution is -2.24. The molecular weight excluding hydrogens is 444 g/mol. The molecule has 0 aliphatic carbocycles. The average molecular weight is 465 g/mol. The number of nitrogens with zero attached hydrogens (tertiary/aromatic N) is 3. The van der Waals surface area contributed by atoms with Crippen molar-refractivity contribution in [1.82, 2.24) is 15.0 Å². The van der Waals surface area contributed by atoms with Crippen LogP contribution in [-0.2, 0) is 4.79 Å². The van der Waals surface area contributed by atoms with Gasteiger partial charge >= 0.3 is 0 Å². The van der Waals surface area contributed by atoms with E-state index >= 15 is 0 Å². The number of carbonyl (C=O) groups excluding carboxylic acids is 1. The summed E-state index contributed by atoms with van der Waals surface area (Å²) in [5, 5.41) is 4.93. The number of benzene rings is 2. The number of hydrogen-bond donors (Lipinski definition) is 1. The van der Waals surface area contributed by atoms with Crippen LogP contribution in [0.4, 0.5) is 0 Å². The number of aromatic nitrogens is 2. The van der Waals surface area contributed by atoms with Gasteiger partial charge in [0.05, 0.1) is 35.7 Å². The molecule has 32 heavy (non-hydrogen) atoms. The third kappa shape index (κ3) is 4.90. The highest BCUT2D eigenvalue weighted by Crippen LogP contribution is 2.22. The Labute approximate surface area is 192 Å². The van der Waals surface area contributed by atoms with Crippen LogP contribution in [0.15, 0.2) is 75.7 Å². The minimum absolute atomic E-state index is 0.0573. The van der Waals surface area contributed by atoms with Crippen molar-refractivity contribution in [2.75, 3.05) is 12.9 Å². The quantitative estimate of drug-likeness (QED) is 0.193. The van der Waals surface area contributed by atoms with Crippen molar-refractivity contribution in [3.8, 4) is 11.4 Å². The monoisotopic (exact) mass is 464 g/mol. The third-order valence-electron chi connectivity index (χ3n) is 4.55. The minimum atomic E-state index is -0.289. The molecule has 9 heteroatoms. The number of thiophene rings is 1. The van der Waals surface area contributed by atoms with Gasteiger partial charge in [-0.05, 0) is 55.5 Å². The van der Waals surface area contributed by atoms with Crippen LogP contribution in [-0.4, -0.2) is 34.5 Å². The van der Waals surface area contributed by atoms with Crippen molar-refractivity contribution in [2.24, 2.45) is 5.10 Å². The maximum Gasteiger partial charge on any atom is 0.266 e. The zero-order chi connectivity index (χ0) is 22.5. The average Bonchev–Trinajstić information content (AvgIpc) is 3.23.